The maximum atomic E-state index is 12.3. The lowest BCUT2D eigenvalue weighted by molar-refractivity contribution is -0.123. The second-order valence-corrected chi connectivity index (χ2v) is 2.23. The van der Waals surface area contributed by atoms with Crippen LogP contribution >= 0.6 is 0 Å². The van der Waals surface area contributed by atoms with E-state index in [-0.39, 0.29) is 13.0 Å². The predicted octanol–water partition coefficient (Wildman–Crippen LogP) is -0.0241. The standard InChI is InChI=1S/C5H9F2NO/c6-5(7)1-2-8-3-4(5)9/h4,8-9H,1-3H2/t4-/m1/s1. The third kappa shape index (κ3) is 1.37. The molecule has 2 N–H and O–H groups in total. The summed E-state index contributed by atoms with van der Waals surface area (Å²) in [4.78, 5) is 0. The molecular weight excluding hydrogens is 128 g/mol. The van der Waals surface area contributed by atoms with E-state index in [1.165, 1.54) is 0 Å². The summed E-state index contributed by atoms with van der Waals surface area (Å²) in [6.07, 6.45) is -1.75. The summed E-state index contributed by atoms with van der Waals surface area (Å²) in [5, 5.41) is 11.3. The Bertz CT molecular complexity index is 107. The van der Waals surface area contributed by atoms with Crippen molar-refractivity contribution in [1.82, 2.24) is 5.32 Å². The lowest BCUT2D eigenvalue weighted by atomic mass is 10.1. The maximum Gasteiger partial charge on any atom is 0.275 e. The van der Waals surface area contributed by atoms with Gasteiger partial charge in [-0.05, 0) is 0 Å². The molecule has 0 aromatic carbocycles. The topological polar surface area (TPSA) is 32.3 Å². The first-order valence-electron chi connectivity index (χ1n) is 2.89. The molecule has 0 spiro atoms. The summed E-state index contributed by atoms with van der Waals surface area (Å²) in [5.74, 6) is -2.87. The molecule has 9 heavy (non-hydrogen) atoms. The zero-order valence-corrected chi connectivity index (χ0v) is 4.90. The number of rotatable bonds is 0. The number of nitrogens with one attached hydrogen (secondary N) is 1. The molecule has 1 heterocycles. The number of halogens is 2. The van der Waals surface area contributed by atoms with E-state index < -0.39 is 12.0 Å². The number of hydrogen-bond donors (Lipinski definition) is 2. The van der Waals surface area contributed by atoms with Crippen LogP contribution < -0.4 is 5.32 Å². The smallest absolute Gasteiger partial charge is 0.275 e. The van der Waals surface area contributed by atoms with Crippen molar-refractivity contribution >= 4 is 0 Å². The summed E-state index contributed by atoms with van der Waals surface area (Å²) in [7, 11) is 0. The van der Waals surface area contributed by atoms with Crippen molar-refractivity contribution in [3.8, 4) is 0 Å². The van der Waals surface area contributed by atoms with E-state index in [1.807, 2.05) is 0 Å². The van der Waals surface area contributed by atoms with Gasteiger partial charge >= 0.3 is 0 Å². The Morgan fingerprint density at radius 3 is 2.56 bits per heavy atom. The summed E-state index contributed by atoms with van der Waals surface area (Å²) >= 11 is 0. The molecule has 0 aromatic rings. The van der Waals surface area contributed by atoms with Crippen LogP contribution in [-0.2, 0) is 0 Å². The van der Waals surface area contributed by atoms with Gasteiger partial charge in [0, 0.05) is 19.5 Å². The van der Waals surface area contributed by atoms with Gasteiger partial charge < -0.3 is 10.4 Å². The Morgan fingerprint density at radius 2 is 2.22 bits per heavy atom. The lowest BCUT2D eigenvalue weighted by Crippen LogP contribution is -2.48. The Kier molecular flexibility index (Phi) is 1.68. The van der Waals surface area contributed by atoms with Crippen LogP contribution in [0.25, 0.3) is 0 Å². The fourth-order valence-electron chi connectivity index (χ4n) is 0.810. The van der Waals surface area contributed by atoms with Crippen LogP contribution in [0.2, 0.25) is 0 Å². The van der Waals surface area contributed by atoms with Crippen LogP contribution in [0.1, 0.15) is 6.42 Å². The third-order valence-corrected chi connectivity index (χ3v) is 1.46. The fraction of sp³-hybridized carbons (Fsp3) is 1.00. The van der Waals surface area contributed by atoms with Crippen LogP contribution in [0.15, 0.2) is 0 Å². The van der Waals surface area contributed by atoms with Crippen LogP contribution in [0.3, 0.4) is 0 Å². The average molecular weight is 137 g/mol. The molecule has 1 rings (SSSR count). The first kappa shape index (κ1) is 6.89. The maximum absolute atomic E-state index is 12.3. The summed E-state index contributed by atoms with van der Waals surface area (Å²) in [6, 6.07) is 0. The Balaban J connectivity index is 2.49. The molecule has 0 bridgehead atoms. The number of hydrogen-bond acceptors (Lipinski definition) is 2. The minimum atomic E-state index is -2.87. The van der Waals surface area contributed by atoms with Crippen molar-refractivity contribution < 1.29 is 13.9 Å². The van der Waals surface area contributed by atoms with Gasteiger partial charge in [-0.2, -0.15) is 0 Å². The van der Waals surface area contributed by atoms with Gasteiger partial charge in [0.15, 0.2) is 0 Å². The van der Waals surface area contributed by atoms with E-state index in [4.69, 9.17) is 5.11 Å². The molecule has 0 saturated carbocycles. The van der Waals surface area contributed by atoms with Crippen LogP contribution in [0.5, 0.6) is 0 Å². The SMILES string of the molecule is O[C@@H]1CNCCC1(F)F. The van der Waals surface area contributed by atoms with E-state index in [1.54, 1.807) is 0 Å². The molecule has 0 radical (unpaired) electrons. The molecule has 1 aliphatic rings. The number of β-amino-alcohol motifs (C(OH)–C–C–N with tert-alkyl or cyclic N) is 1. The molecule has 1 atom stereocenters. The van der Waals surface area contributed by atoms with Crippen molar-refractivity contribution in [1.29, 1.82) is 0 Å². The van der Waals surface area contributed by atoms with E-state index >= 15 is 0 Å². The second-order valence-electron chi connectivity index (χ2n) is 2.23. The predicted molar refractivity (Wildman–Crippen MR) is 28.4 cm³/mol. The molecule has 4 heteroatoms. The molecule has 0 amide bonds. The normalized spacial score (nSPS) is 34.3. The minimum Gasteiger partial charge on any atom is -0.386 e. The van der Waals surface area contributed by atoms with E-state index in [0.717, 1.165) is 0 Å². The fourth-order valence-corrected chi connectivity index (χ4v) is 0.810. The highest BCUT2D eigenvalue weighted by molar-refractivity contribution is 4.83. The molecule has 1 saturated heterocycles. The third-order valence-electron chi connectivity index (χ3n) is 1.46. The Hall–Kier alpha value is -0.220. The number of piperidine rings is 1. The molecule has 54 valence electrons. The Labute approximate surface area is 51.9 Å². The molecule has 0 aliphatic carbocycles. The van der Waals surface area contributed by atoms with Crippen LogP contribution in [0, 0.1) is 0 Å². The first-order chi connectivity index (χ1) is 4.13. The van der Waals surface area contributed by atoms with Gasteiger partial charge in [0.25, 0.3) is 5.92 Å². The van der Waals surface area contributed by atoms with Gasteiger partial charge in [-0.1, -0.05) is 0 Å². The molecule has 1 fully saturated rings. The van der Waals surface area contributed by atoms with Gasteiger partial charge in [-0.3, -0.25) is 0 Å². The summed E-state index contributed by atoms with van der Waals surface area (Å²) in [5.41, 5.74) is 0. The highest BCUT2D eigenvalue weighted by Crippen LogP contribution is 2.24. The molecule has 0 unspecified atom stereocenters. The highest BCUT2D eigenvalue weighted by Gasteiger charge is 2.39. The Morgan fingerprint density at radius 1 is 1.56 bits per heavy atom. The number of alkyl halides is 2. The number of aliphatic hydroxyl groups is 1. The summed E-state index contributed by atoms with van der Waals surface area (Å²) in [6.45, 7) is 0.303. The number of aliphatic hydroxyl groups excluding tert-OH is 1. The molecular formula is C5H9F2NO. The first-order valence-corrected chi connectivity index (χ1v) is 2.89. The van der Waals surface area contributed by atoms with Crippen molar-refractivity contribution in [2.24, 2.45) is 0 Å². The van der Waals surface area contributed by atoms with Crippen molar-refractivity contribution in [3.63, 3.8) is 0 Å². The van der Waals surface area contributed by atoms with Crippen LogP contribution in [0.4, 0.5) is 8.78 Å². The lowest BCUT2D eigenvalue weighted by Gasteiger charge is -2.27. The molecule has 2 nitrogen and oxygen atoms in total. The van der Waals surface area contributed by atoms with Gasteiger partial charge in [0.2, 0.25) is 0 Å². The second kappa shape index (κ2) is 2.19. The molecule has 0 aromatic heterocycles. The van der Waals surface area contributed by atoms with E-state index in [9.17, 15) is 8.78 Å². The largest absolute Gasteiger partial charge is 0.386 e. The average Bonchev–Trinajstić information content (AvgIpc) is 1.77. The van der Waals surface area contributed by atoms with Crippen LogP contribution in [-0.4, -0.2) is 30.2 Å². The molecule has 1 aliphatic heterocycles. The van der Waals surface area contributed by atoms with Gasteiger partial charge in [-0.15, -0.1) is 0 Å². The summed E-state index contributed by atoms with van der Waals surface area (Å²) < 4.78 is 24.6. The zero-order valence-electron chi connectivity index (χ0n) is 4.90. The van der Waals surface area contributed by atoms with Gasteiger partial charge in [0.05, 0.1) is 0 Å². The van der Waals surface area contributed by atoms with Gasteiger partial charge in [-0.25, -0.2) is 8.78 Å². The van der Waals surface area contributed by atoms with Gasteiger partial charge in [0.1, 0.15) is 6.10 Å². The van der Waals surface area contributed by atoms with Crippen molar-refractivity contribution in [2.45, 2.75) is 18.4 Å². The van der Waals surface area contributed by atoms with Crippen molar-refractivity contribution in [2.75, 3.05) is 13.1 Å². The minimum absolute atomic E-state index is 0.00694. The highest BCUT2D eigenvalue weighted by atomic mass is 19.3. The van der Waals surface area contributed by atoms with E-state index in [0.29, 0.717) is 6.54 Å². The quantitative estimate of drug-likeness (QED) is 0.491. The van der Waals surface area contributed by atoms with Crippen molar-refractivity contribution in [3.05, 3.63) is 0 Å². The zero-order chi connectivity index (χ0) is 6.91. The monoisotopic (exact) mass is 137 g/mol. The van der Waals surface area contributed by atoms with E-state index in [2.05, 4.69) is 5.32 Å².